The summed E-state index contributed by atoms with van der Waals surface area (Å²) in [5, 5.41) is 6.57. The second kappa shape index (κ2) is 7.91. The number of alkyl halides is 3. The zero-order valence-corrected chi connectivity index (χ0v) is 16.1. The summed E-state index contributed by atoms with van der Waals surface area (Å²) in [6.45, 7) is 0.798. The topological polar surface area (TPSA) is 71.3 Å². The van der Waals surface area contributed by atoms with Gasteiger partial charge in [0.05, 0.1) is 18.2 Å². The number of carbonyl (C=O) groups excluding carboxylic acids is 1. The van der Waals surface area contributed by atoms with Crippen molar-refractivity contribution in [2.75, 3.05) is 7.05 Å². The Balaban J connectivity index is 1.54. The number of halogens is 3. The van der Waals surface area contributed by atoms with Gasteiger partial charge in [0, 0.05) is 19.2 Å². The van der Waals surface area contributed by atoms with Crippen LogP contribution in [0.1, 0.15) is 22.6 Å². The Labute approximate surface area is 170 Å². The molecule has 0 radical (unpaired) electrons. The Hall–Kier alpha value is -3.20. The van der Waals surface area contributed by atoms with Gasteiger partial charge in [-0.05, 0) is 29.7 Å². The molecule has 2 aromatic carbocycles. The fraction of sp³-hybridized carbons (Fsp3) is 0.286. The third-order valence-electron chi connectivity index (χ3n) is 5.17. The van der Waals surface area contributed by atoms with E-state index >= 15 is 0 Å². The predicted octanol–water partition coefficient (Wildman–Crippen LogP) is 3.43. The van der Waals surface area contributed by atoms with Crippen molar-refractivity contribution in [1.29, 1.82) is 0 Å². The number of likely N-dealkylation sites (N-methyl/N-ethyl adjacent to an activating group) is 1. The Kier molecular flexibility index (Phi) is 5.29. The Morgan fingerprint density at radius 1 is 1.17 bits per heavy atom. The number of nitrogens with one attached hydrogen (secondary N) is 1. The molecule has 1 aliphatic rings. The van der Waals surface area contributed by atoms with Crippen LogP contribution in [-0.4, -0.2) is 34.0 Å². The summed E-state index contributed by atoms with van der Waals surface area (Å²) in [4.78, 5) is 18.7. The first-order valence-electron chi connectivity index (χ1n) is 9.38. The standard InChI is InChI=1S/C21H19F3N4O2/c1-25-20(29)17-10-14-4-2-3-5-15(14)11-28(17)12-18-26-19(27-30-18)13-6-8-16(9-7-13)21(22,23)24/h2-9,17H,10-12H2,1H3,(H,25,29)/t17-/m1/s1. The van der Waals surface area contributed by atoms with E-state index in [-0.39, 0.29) is 30.2 Å². The number of hydrogen-bond acceptors (Lipinski definition) is 5. The summed E-state index contributed by atoms with van der Waals surface area (Å²) in [6.07, 6.45) is -3.84. The van der Waals surface area contributed by atoms with Crippen molar-refractivity contribution in [3.63, 3.8) is 0 Å². The average molecular weight is 416 g/mol. The molecule has 0 spiro atoms. The van der Waals surface area contributed by atoms with Crippen LogP contribution in [0.5, 0.6) is 0 Å². The van der Waals surface area contributed by atoms with E-state index in [0.717, 1.165) is 23.3 Å². The van der Waals surface area contributed by atoms with Crippen LogP contribution in [0.15, 0.2) is 53.1 Å². The van der Waals surface area contributed by atoms with Gasteiger partial charge in [-0.1, -0.05) is 41.6 Å². The molecule has 1 aliphatic heterocycles. The summed E-state index contributed by atoms with van der Waals surface area (Å²) >= 11 is 0. The molecule has 30 heavy (non-hydrogen) atoms. The first-order chi connectivity index (χ1) is 14.3. The quantitative estimate of drug-likeness (QED) is 0.706. The minimum Gasteiger partial charge on any atom is -0.358 e. The van der Waals surface area contributed by atoms with Crippen LogP contribution < -0.4 is 5.32 Å². The van der Waals surface area contributed by atoms with Crippen LogP contribution >= 0.6 is 0 Å². The van der Waals surface area contributed by atoms with E-state index in [1.807, 2.05) is 29.2 Å². The third-order valence-corrected chi connectivity index (χ3v) is 5.17. The number of aromatic nitrogens is 2. The summed E-state index contributed by atoms with van der Waals surface area (Å²) < 4.78 is 43.5. The molecule has 0 fully saturated rings. The van der Waals surface area contributed by atoms with Crippen molar-refractivity contribution >= 4 is 5.91 Å². The lowest BCUT2D eigenvalue weighted by Gasteiger charge is -2.34. The highest BCUT2D eigenvalue weighted by Gasteiger charge is 2.32. The lowest BCUT2D eigenvalue weighted by Crippen LogP contribution is -2.49. The van der Waals surface area contributed by atoms with Gasteiger partial charge < -0.3 is 9.84 Å². The zero-order valence-electron chi connectivity index (χ0n) is 16.1. The maximum Gasteiger partial charge on any atom is 0.416 e. The molecule has 1 N–H and O–H groups in total. The molecular formula is C21H19F3N4O2. The normalized spacial score (nSPS) is 16.9. The number of rotatable bonds is 4. The van der Waals surface area contributed by atoms with E-state index in [1.54, 1.807) is 7.05 Å². The molecule has 1 aromatic heterocycles. The van der Waals surface area contributed by atoms with E-state index in [1.165, 1.54) is 12.1 Å². The maximum atomic E-state index is 12.7. The zero-order chi connectivity index (χ0) is 21.3. The summed E-state index contributed by atoms with van der Waals surface area (Å²) in [5.74, 6) is 0.387. The van der Waals surface area contributed by atoms with E-state index in [2.05, 4.69) is 15.5 Å². The van der Waals surface area contributed by atoms with Gasteiger partial charge in [0.15, 0.2) is 0 Å². The first-order valence-corrected chi connectivity index (χ1v) is 9.38. The number of hydrogen-bond donors (Lipinski definition) is 1. The van der Waals surface area contributed by atoms with E-state index in [9.17, 15) is 18.0 Å². The molecule has 2 heterocycles. The van der Waals surface area contributed by atoms with Gasteiger partial charge in [0.25, 0.3) is 0 Å². The van der Waals surface area contributed by atoms with Crippen LogP contribution in [0.4, 0.5) is 13.2 Å². The number of carbonyl (C=O) groups is 1. The molecule has 4 rings (SSSR count). The van der Waals surface area contributed by atoms with Crippen LogP contribution in [0.2, 0.25) is 0 Å². The van der Waals surface area contributed by atoms with Crippen molar-refractivity contribution < 1.29 is 22.5 Å². The molecular weight excluding hydrogens is 397 g/mol. The van der Waals surface area contributed by atoms with E-state index < -0.39 is 11.7 Å². The summed E-state index contributed by atoms with van der Waals surface area (Å²) in [6, 6.07) is 12.1. The van der Waals surface area contributed by atoms with Crippen molar-refractivity contribution in [3.8, 4) is 11.4 Å². The highest BCUT2D eigenvalue weighted by molar-refractivity contribution is 5.82. The minimum atomic E-state index is -4.40. The molecule has 156 valence electrons. The SMILES string of the molecule is CNC(=O)[C@H]1Cc2ccccc2CN1Cc1nc(-c2ccc(C(F)(F)F)cc2)no1. The predicted molar refractivity (Wildman–Crippen MR) is 102 cm³/mol. The fourth-order valence-electron chi connectivity index (χ4n) is 3.59. The lowest BCUT2D eigenvalue weighted by atomic mass is 9.93. The maximum absolute atomic E-state index is 12.7. The molecule has 0 saturated heterocycles. The van der Waals surface area contributed by atoms with Crippen LogP contribution in [0.25, 0.3) is 11.4 Å². The van der Waals surface area contributed by atoms with Gasteiger partial charge in [-0.25, -0.2) is 0 Å². The summed E-state index contributed by atoms with van der Waals surface area (Å²) in [5.41, 5.74) is 1.93. The van der Waals surface area contributed by atoms with Crippen LogP contribution in [0.3, 0.4) is 0 Å². The van der Waals surface area contributed by atoms with E-state index in [0.29, 0.717) is 18.5 Å². The highest BCUT2D eigenvalue weighted by Crippen LogP contribution is 2.31. The second-order valence-electron chi connectivity index (χ2n) is 7.09. The molecule has 1 amide bonds. The summed E-state index contributed by atoms with van der Waals surface area (Å²) in [7, 11) is 1.59. The van der Waals surface area contributed by atoms with Gasteiger partial charge in [-0.3, -0.25) is 9.69 Å². The molecule has 0 bridgehead atoms. The van der Waals surface area contributed by atoms with Crippen LogP contribution in [-0.2, 0) is 30.5 Å². The molecule has 0 unspecified atom stereocenters. The second-order valence-corrected chi connectivity index (χ2v) is 7.09. The number of nitrogens with zero attached hydrogens (tertiary/aromatic N) is 3. The molecule has 0 aliphatic carbocycles. The molecule has 6 nitrogen and oxygen atoms in total. The first kappa shape index (κ1) is 20.1. The smallest absolute Gasteiger partial charge is 0.358 e. The van der Waals surface area contributed by atoms with Crippen molar-refractivity contribution in [3.05, 3.63) is 71.1 Å². The largest absolute Gasteiger partial charge is 0.416 e. The molecule has 3 aromatic rings. The van der Waals surface area contributed by atoms with Gasteiger partial charge in [0.1, 0.15) is 0 Å². The third kappa shape index (κ3) is 4.06. The van der Waals surface area contributed by atoms with Gasteiger partial charge in [-0.2, -0.15) is 18.2 Å². The molecule has 0 saturated carbocycles. The Bertz CT molecular complexity index is 1050. The van der Waals surface area contributed by atoms with Crippen LogP contribution in [0, 0.1) is 0 Å². The van der Waals surface area contributed by atoms with Crippen molar-refractivity contribution in [1.82, 2.24) is 20.4 Å². The van der Waals surface area contributed by atoms with Gasteiger partial charge >= 0.3 is 6.18 Å². The molecule has 9 heteroatoms. The lowest BCUT2D eigenvalue weighted by molar-refractivity contribution is -0.137. The highest BCUT2D eigenvalue weighted by atomic mass is 19.4. The van der Waals surface area contributed by atoms with Crippen molar-refractivity contribution in [2.45, 2.75) is 31.7 Å². The van der Waals surface area contributed by atoms with E-state index in [4.69, 9.17) is 4.52 Å². The Morgan fingerprint density at radius 3 is 2.53 bits per heavy atom. The minimum absolute atomic E-state index is 0.105. The molecule has 1 atom stereocenters. The van der Waals surface area contributed by atoms with Gasteiger partial charge in [0.2, 0.25) is 17.6 Å². The average Bonchev–Trinajstić information content (AvgIpc) is 3.20. The number of amides is 1. The fourth-order valence-corrected chi connectivity index (χ4v) is 3.59. The monoisotopic (exact) mass is 416 g/mol. The number of fused-ring (bicyclic) bond motifs is 1. The van der Waals surface area contributed by atoms with Gasteiger partial charge in [-0.15, -0.1) is 0 Å². The van der Waals surface area contributed by atoms with Crippen molar-refractivity contribution in [2.24, 2.45) is 0 Å². The Morgan fingerprint density at radius 2 is 1.87 bits per heavy atom. The number of benzene rings is 2.